The lowest BCUT2D eigenvalue weighted by Gasteiger charge is -2.10. The van der Waals surface area contributed by atoms with Gasteiger partial charge in [-0.25, -0.2) is 4.99 Å². The van der Waals surface area contributed by atoms with Crippen molar-refractivity contribution < 1.29 is 9.95 Å². The first-order valence-electron chi connectivity index (χ1n) is 3.89. The van der Waals surface area contributed by atoms with E-state index in [1.165, 1.54) is 0 Å². The summed E-state index contributed by atoms with van der Waals surface area (Å²) in [6.45, 7) is 0.156. The van der Waals surface area contributed by atoms with Crippen LogP contribution in [0.25, 0.3) is 0 Å². The Kier molecular flexibility index (Phi) is 1.56. The van der Waals surface area contributed by atoms with Crippen molar-refractivity contribution in [3.05, 3.63) is 5.21 Å². The van der Waals surface area contributed by atoms with Crippen LogP contribution in [0.2, 0.25) is 0 Å². The van der Waals surface area contributed by atoms with Crippen LogP contribution < -0.4 is 0 Å². The highest BCUT2D eigenvalue weighted by molar-refractivity contribution is 6.68. The van der Waals surface area contributed by atoms with Gasteiger partial charge in [0.05, 0.1) is 0 Å². The van der Waals surface area contributed by atoms with Crippen LogP contribution in [0.15, 0.2) is 10.1 Å². The molecule has 1 aliphatic carbocycles. The Morgan fingerprint density at radius 1 is 1.50 bits per heavy atom. The number of hydrogen-bond acceptors (Lipinski definition) is 4. The van der Waals surface area contributed by atoms with Crippen molar-refractivity contribution in [1.29, 1.82) is 0 Å². The molecule has 0 radical (unpaired) electrons. The predicted octanol–water partition coefficient (Wildman–Crippen LogP) is 0.364. The summed E-state index contributed by atoms with van der Waals surface area (Å²) in [5.74, 6) is 0. The van der Waals surface area contributed by atoms with Crippen molar-refractivity contribution in [1.82, 2.24) is 0 Å². The Morgan fingerprint density at radius 2 is 2.33 bits per heavy atom. The number of oxime groups is 1. The van der Waals surface area contributed by atoms with Gasteiger partial charge in [0, 0.05) is 6.42 Å². The van der Waals surface area contributed by atoms with E-state index in [4.69, 9.17) is 5.21 Å². The van der Waals surface area contributed by atoms with Crippen LogP contribution in [-0.4, -0.2) is 33.7 Å². The molecule has 0 aromatic heterocycles. The van der Waals surface area contributed by atoms with Crippen LogP contribution >= 0.6 is 0 Å². The Labute approximate surface area is 69.3 Å². The summed E-state index contributed by atoms with van der Waals surface area (Å²) in [6.07, 6.45) is 2.33. The van der Waals surface area contributed by atoms with Crippen molar-refractivity contribution in [3.8, 4) is 0 Å². The van der Waals surface area contributed by atoms with Crippen LogP contribution in [0.4, 0.5) is 0 Å². The van der Waals surface area contributed by atoms with E-state index in [2.05, 4.69) is 10.1 Å². The molecule has 0 unspecified atom stereocenters. The monoisotopic (exact) mass is 167 g/mol. The summed E-state index contributed by atoms with van der Waals surface area (Å²) < 4.78 is 0.861. The van der Waals surface area contributed by atoms with E-state index in [1.807, 2.05) is 0 Å². The van der Waals surface area contributed by atoms with Crippen molar-refractivity contribution in [2.45, 2.75) is 19.3 Å². The maximum absolute atomic E-state index is 11.1. The molecule has 12 heavy (non-hydrogen) atoms. The minimum Gasteiger partial charge on any atom is -0.622 e. The molecule has 1 heterocycles. The van der Waals surface area contributed by atoms with E-state index in [0.29, 0.717) is 23.6 Å². The molecule has 5 nitrogen and oxygen atoms in total. The van der Waals surface area contributed by atoms with Crippen LogP contribution in [0.1, 0.15) is 19.3 Å². The van der Waals surface area contributed by atoms with E-state index in [1.54, 1.807) is 0 Å². The topological polar surface area (TPSA) is 71.0 Å². The number of aliphatic imine (C=N–C) groups is 1. The minimum absolute atomic E-state index is 0.156. The number of fused-ring (bicyclic) bond motifs is 1. The van der Waals surface area contributed by atoms with Gasteiger partial charge >= 0.3 is 0 Å². The molecule has 2 rings (SSSR count). The van der Waals surface area contributed by atoms with Gasteiger partial charge in [-0.2, -0.15) is 4.74 Å². The highest BCUT2D eigenvalue weighted by Gasteiger charge is 2.31. The van der Waals surface area contributed by atoms with Gasteiger partial charge < -0.3 is 10.4 Å². The molecule has 0 atom stereocenters. The molecule has 0 spiro atoms. The molecule has 0 aromatic carbocycles. The van der Waals surface area contributed by atoms with E-state index in [0.717, 1.165) is 17.6 Å². The van der Waals surface area contributed by atoms with Gasteiger partial charge in [0.2, 0.25) is 12.4 Å². The third kappa shape index (κ3) is 0.895. The van der Waals surface area contributed by atoms with Gasteiger partial charge in [-0.1, -0.05) is 5.16 Å². The van der Waals surface area contributed by atoms with Crippen molar-refractivity contribution in [3.63, 3.8) is 0 Å². The minimum atomic E-state index is 0.156. The third-order valence-electron chi connectivity index (χ3n) is 2.15. The molecule has 1 saturated carbocycles. The van der Waals surface area contributed by atoms with Crippen LogP contribution in [0.3, 0.4) is 0 Å². The number of rotatable bonds is 0. The van der Waals surface area contributed by atoms with Gasteiger partial charge in [0.25, 0.3) is 0 Å². The lowest BCUT2D eigenvalue weighted by molar-refractivity contribution is -0.450. The maximum atomic E-state index is 11.1. The molecule has 1 aliphatic heterocycles. The second kappa shape index (κ2) is 2.58. The first-order valence-corrected chi connectivity index (χ1v) is 3.89. The van der Waals surface area contributed by atoms with Crippen molar-refractivity contribution in [2.75, 3.05) is 6.67 Å². The van der Waals surface area contributed by atoms with Crippen LogP contribution in [0.5, 0.6) is 0 Å². The average Bonchev–Trinajstić information content (AvgIpc) is 2.48. The summed E-state index contributed by atoms with van der Waals surface area (Å²) in [5.41, 5.74) is 1.84. The smallest absolute Gasteiger partial charge is 0.247 e. The molecular formula is C7H9N3O2. The van der Waals surface area contributed by atoms with E-state index in [9.17, 15) is 5.21 Å². The fourth-order valence-electron chi connectivity index (χ4n) is 1.57. The Balaban J connectivity index is 2.39. The molecule has 0 aromatic rings. The van der Waals surface area contributed by atoms with Gasteiger partial charge in [-0.3, -0.25) is 0 Å². The average molecular weight is 167 g/mol. The summed E-state index contributed by atoms with van der Waals surface area (Å²) in [5, 5.41) is 22.8. The molecule has 2 aliphatic rings. The molecule has 1 fully saturated rings. The van der Waals surface area contributed by atoms with Gasteiger partial charge in [-0.15, -0.1) is 0 Å². The highest BCUT2D eigenvalue weighted by atomic mass is 16.5. The van der Waals surface area contributed by atoms with Crippen LogP contribution in [0, 0.1) is 5.21 Å². The number of hydrogen-bond donors (Lipinski definition) is 1. The first kappa shape index (κ1) is 7.27. The summed E-state index contributed by atoms with van der Waals surface area (Å²) in [7, 11) is 0. The molecule has 5 heteroatoms. The summed E-state index contributed by atoms with van der Waals surface area (Å²) in [4.78, 5) is 3.99. The second-order valence-electron chi connectivity index (χ2n) is 2.87. The zero-order valence-corrected chi connectivity index (χ0v) is 6.53. The zero-order valence-electron chi connectivity index (χ0n) is 6.53. The van der Waals surface area contributed by atoms with Crippen molar-refractivity contribution >= 4 is 17.1 Å². The summed E-state index contributed by atoms with van der Waals surface area (Å²) in [6, 6.07) is 0. The number of hydroxylamine groups is 1. The van der Waals surface area contributed by atoms with Crippen LogP contribution in [-0.2, 0) is 0 Å². The largest absolute Gasteiger partial charge is 0.622 e. The molecule has 0 amide bonds. The SMILES string of the molecule is [O-][N+]1=C2CCC/C(=N\O)C2=NC1. The number of nitrogens with zero attached hydrogens (tertiary/aromatic N) is 3. The molecular weight excluding hydrogens is 158 g/mol. The molecule has 0 bridgehead atoms. The predicted molar refractivity (Wildman–Crippen MR) is 44.0 cm³/mol. The normalized spacial score (nSPS) is 26.0. The third-order valence-corrected chi connectivity index (χ3v) is 2.15. The van der Waals surface area contributed by atoms with E-state index in [-0.39, 0.29) is 6.67 Å². The van der Waals surface area contributed by atoms with Gasteiger partial charge in [-0.05, 0) is 12.8 Å². The van der Waals surface area contributed by atoms with Crippen molar-refractivity contribution in [2.24, 2.45) is 10.1 Å². The summed E-state index contributed by atoms with van der Waals surface area (Å²) >= 11 is 0. The highest BCUT2D eigenvalue weighted by Crippen LogP contribution is 2.14. The molecule has 0 saturated heterocycles. The Bertz CT molecular complexity index is 304. The quantitative estimate of drug-likeness (QED) is 0.245. The zero-order chi connectivity index (χ0) is 8.55. The standard InChI is InChI=1S/C7H9N3O2/c11-9-5-2-1-3-6-7(5)8-4-10(6)12/h11H,1-4H2/b9-5+. The van der Waals surface area contributed by atoms with E-state index >= 15 is 0 Å². The Hall–Kier alpha value is -1.39. The van der Waals surface area contributed by atoms with E-state index < -0.39 is 0 Å². The fraction of sp³-hybridized carbons (Fsp3) is 0.571. The lowest BCUT2D eigenvalue weighted by atomic mass is 9.95. The Morgan fingerprint density at radius 3 is 3.08 bits per heavy atom. The van der Waals surface area contributed by atoms with Gasteiger partial charge in [0.15, 0.2) is 5.71 Å². The van der Waals surface area contributed by atoms with Gasteiger partial charge in [0.1, 0.15) is 5.71 Å². The fourth-order valence-corrected chi connectivity index (χ4v) is 1.57. The lowest BCUT2D eigenvalue weighted by Crippen LogP contribution is -2.30. The second-order valence-corrected chi connectivity index (χ2v) is 2.87. The first-order chi connectivity index (χ1) is 5.83. The maximum Gasteiger partial charge on any atom is 0.247 e. The molecule has 1 N–H and O–H groups in total. The molecule has 64 valence electrons.